The Labute approximate surface area is 123 Å². The van der Waals surface area contributed by atoms with Gasteiger partial charge in [-0.2, -0.15) is 0 Å². The number of carbonyl (C=O) groups is 1. The molecule has 0 aliphatic rings. The Morgan fingerprint density at radius 3 is 2.53 bits per heavy atom. The molecular formula is C14H22BrN3O. The number of nitrogens with zero attached hydrogens (tertiary/aromatic N) is 2. The average Bonchev–Trinajstić information content (AvgIpc) is 2.36. The molecule has 0 bridgehead atoms. The zero-order valence-corrected chi connectivity index (χ0v) is 13.4. The second kappa shape index (κ2) is 7.50. The molecule has 2 N–H and O–H groups in total. The molecule has 0 saturated heterocycles. The highest BCUT2D eigenvalue weighted by Gasteiger charge is 2.13. The Balaban J connectivity index is 2.62. The van der Waals surface area contributed by atoms with Crippen molar-refractivity contribution in [2.24, 2.45) is 0 Å². The minimum absolute atomic E-state index is 0.160. The van der Waals surface area contributed by atoms with Crippen LogP contribution in [0.15, 0.2) is 22.7 Å². The first kappa shape index (κ1) is 16.0. The van der Waals surface area contributed by atoms with E-state index < -0.39 is 0 Å². The number of amides is 1. The number of hydrogen-bond donors (Lipinski definition) is 1. The minimum atomic E-state index is 0.160. The van der Waals surface area contributed by atoms with E-state index >= 15 is 0 Å². The van der Waals surface area contributed by atoms with Gasteiger partial charge in [-0.3, -0.25) is 9.69 Å². The van der Waals surface area contributed by atoms with Gasteiger partial charge in [0.15, 0.2) is 0 Å². The van der Waals surface area contributed by atoms with Crippen molar-refractivity contribution in [2.45, 2.75) is 20.4 Å². The van der Waals surface area contributed by atoms with Gasteiger partial charge in [-0.05, 0) is 48.5 Å². The smallest absolute Gasteiger partial charge is 0.236 e. The van der Waals surface area contributed by atoms with E-state index in [2.05, 4.69) is 15.9 Å². The number of likely N-dealkylation sites (N-methyl/N-ethyl adjacent to an activating group) is 2. The Morgan fingerprint density at radius 1 is 1.32 bits per heavy atom. The number of carbonyl (C=O) groups excluding carboxylic acids is 1. The van der Waals surface area contributed by atoms with Crippen LogP contribution in [-0.2, 0) is 11.3 Å². The number of anilines is 1. The quantitative estimate of drug-likeness (QED) is 0.816. The molecule has 106 valence electrons. The monoisotopic (exact) mass is 327 g/mol. The predicted molar refractivity (Wildman–Crippen MR) is 82.8 cm³/mol. The molecule has 0 spiro atoms. The zero-order chi connectivity index (χ0) is 14.4. The zero-order valence-electron chi connectivity index (χ0n) is 11.8. The summed E-state index contributed by atoms with van der Waals surface area (Å²) in [5, 5.41) is 0. The maximum atomic E-state index is 12.0. The van der Waals surface area contributed by atoms with Crippen LogP contribution in [0.2, 0.25) is 0 Å². The number of rotatable bonds is 6. The summed E-state index contributed by atoms with van der Waals surface area (Å²) in [5.41, 5.74) is 7.66. The van der Waals surface area contributed by atoms with Gasteiger partial charge in [0.25, 0.3) is 0 Å². The topological polar surface area (TPSA) is 49.6 Å². The molecule has 1 rings (SSSR count). The highest BCUT2D eigenvalue weighted by atomic mass is 79.9. The second-order valence-electron chi connectivity index (χ2n) is 4.56. The number of benzene rings is 1. The summed E-state index contributed by atoms with van der Waals surface area (Å²) in [6.45, 7) is 6.61. The van der Waals surface area contributed by atoms with Crippen LogP contribution in [0.3, 0.4) is 0 Å². The second-order valence-corrected chi connectivity index (χ2v) is 5.35. The van der Waals surface area contributed by atoms with Gasteiger partial charge in [0.1, 0.15) is 0 Å². The molecule has 19 heavy (non-hydrogen) atoms. The normalized spacial score (nSPS) is 10.8. The number of nitrogen functional groups attached to an aromatic ring is 1. The molecule has 0 aliphatic carbocycles. The molecule has 0 saturated carbocycles. The Bertz CT molecular complexity index is 433. The first-order valence-electron chi connectivity index (χ1n) is 6.48. The third-order valence-electron chi connectivity index (χ3n) is 3.07. The van der Waals surface area contributed by atoms with Crippen LogP contribution in [0.25, 0.3) is 0 Å². The van der Waals surface area contributed by atoms with Gasteiger partial charge in [-0.15, -0.1) is 0 Å². The van der Waals surface area contributed by atoms with Crippen molar-refractivity contribution in [3.8, 4) is 0 Å². The summed E-state index contributed by atoms with van der Waals surface area (Å²) in [6.07, 6.45) is 0. The number of nitrogens with two attached hydrogens (primary N) is 1. The van der Waals surface area contributed by atoms with Crippen molar-refractivity contribution in [2.75, 3.05) is 32.4 Å². The molecule has 1 amide bonds. The van der Waals surface area contributed by atoms with Crippen LogP contribution in [0.1, 0.15) is 19.4 Å². The van der Waals surface area contributed by atoms with E-state index in [1.165, 1.54) is 0 Å². The predicted octanol–water partition coefficient (Wildman–Crippen LogP) is 2.33. The first-order chi connectivity index (χ1) is 8.99. The molecule has 1 aromatic carbocycles. The molecule has 0 atom stereocenters. The van der Waals surface area contributed by atoms with E-state index in [-0.39, 0.29) is 5.91 Å². The molecule has 0 fully saturated rings. The summed E-state index contributed by atoms with van der Waals surface area (Å²) in [4.78, 5) is 15.8. The van der Waals surface area contributed by atoms with Crippen LogP contribution in [0, 0.1) is 0 Å². The molecule has 0 aromatic heterocycles. The Morgan fingerprint density at radius 2 is 1.95 bits per heavy atom. The van der Waals surface area contributed by atoms with Gasteiger partial charge in [0.2, 0.25) is 5.91 Å². The average molecular weight is 328 g/mol. The van der Waals surface area contributed by atoms with E-state index in [1.807, 2.05) is 48.9 Å². The number of halogens is 1. The Hall–Kier alpha value is -1.07. The summed E-state index contributed by atoms with van der Waals surface area (Å²) >= 11 is 3.48. The molecule has 4 nitrogen and oxygen atoms in total. The van der Waals surface area contributed by atoms with E-state index in [4.69, 9.17) is 5.73 Å². The van der Waals surface area contributed by atoms with Crippen molar-refractivity contribution in [1.29, 1.82) is 0 Å². The Kier molecular flexibility index (Phi) is 6.31. The van der Waals surface area contributed by atoms with Crippen LogP contribution in [0.5, 0.6) is 0 Å². The number of hydrogen-bond acceptors (Lipinski definition) is 3. The van der Waals surface area contributed by atoms with E-state index in [1.54, 1.807) is 0 Å². The molecule has 0 aliphatic heterocycles. The molecule has 0 heterocycles. The van der Waals surface area contributed by atoms with Gasteiger partial charge >= 0.3 is 0 Å². The first-order valence-corrected chi connectivity index (χ1v) is 7.28. The lowest BCUT2D eigenvalue weighted by atomic mass is 10.2. The standard InChI is InChI=1S/C14H22BrN3O/c1-4-18(5-2)13(19)10-17(3)9-11-7-6-8-12(16)14(11)15/h6-8H,4-5,9-10,16H2,1-3H3. The largest absolute Gasteiger partial charge is 0.398 e. The summed E-state index contributed by atoms with van der Waals surface area (Å²) in [7, 11) is 1.94. The summed E-state index contributed by atoms with van der Waals surface area (Å²) in [6, 6.07) is 5.79. The van der Waals surface area contributed by atoms with E-state index in [0.29, 0.717) is 13.1 Å². The highest BCUT2D eigenvalue weighted by Crippen LogP contribution is 2.24. The fourth-order valence-electron chi connectivity index (χ4n) is 1.98. The molecule has 1 aromatic rings. The van der Waals surface area contributed by atoms with E-state index in [9.17, 15) is 4.79 Å². The maximum absolute atomic E-state index is 12.0. The van der Waals surface area contributed by atoms with Crippen LogP contribution in [0.4, 0.5) is 5.69 Å². The van der Waals surface area contributed by atoms with Crippen LogP contribution >= 0.6 is 15.9 Å². The van der Waals surface area contributed by atoms with Gasteiger partial charge in [0, 0.05) is 29.8 Å². The molecule has 0 unspecified atom stereocenters. The molecular weight excluding hydrogens is 306 g/mol. The fraction of sp³-hybridized carbons (Fsp3) is 0.500. The van der Waals surface area contributed by atoms with Gasteiger partial charge in [-0.25, -0.2) is 0 Å². The fourth-order valence-corrected chi connectivity index (χ4v) is 2.37. The van der Waals surface area contributed by atoms with Crippen molar-refractivity contribution in [3.05, 3.63) is 28.2 Å². The van der Waals surface area contributed by atoms with Crippen molar-refractivity contribution < 1.29 is 4.79 Å². The maximum Gasteiger partial charge on any atom is 0.236 e. The van der Waals surface area contributed by atoms with Crippen molar-refractivity contribution >= 4 is 27.5 Å². The lowest BCUT2D eigenvalue weighted by Gasteiger charge is -2.23. The van der Waals surface area contributed by atoms with Crippen molar-refractivity contribution in [3.63, 3.8) is 0 Å². The SMILES string of the molecule is CCN(CC)C(=O)CN(C)Cc1cccc(N)c1Br. The molecule has 0 radical (unpaired) electrons. The molecule has 5 heteroatoms. The highest BCUT2D eigenvalue weighted by molar-refractivity contribution is 9.10. The summed E-state index contributed by atoms with van der Waals surface area (Å²) < 4.78 is 0.914. The van der Waals surface area contributed by atoms with Crippen LogP contribution < -0.4 is 5.73 Å². The summed E-state index contributed by atoms with van der Waals surface area (Å²) in [5.74, 6) is 0.160. The van der Waals surface area contributed by atoms with E-state index in [0.717, 1.165) is 28.8 Å². The minimum Gasteiger partial charge on any atom is -0.398 e. The van der Waals surface area contributed by atoms with Gasteiger partial charge < -0.3 is 10.6 Å². The van der Waals surface area contributed by atoms with Gasteiger partial charge in [0.05, 0.1) is 6.54 Å². The third-order valence-corrected chi connectivity index (χ3v) is 4.04. The van der Waals surface area contributed by atoms with Crippen molar-refractivity contribution in [1.82, 2.24) is 9.80 Å². The van der Waals surface area contributed by atoms with Crippen LogP contribution in [-0.4, -0.2) is 42.4 Å². The third kappa shape index (κ3) is 4.51. The lowest BCUT2D eigenvalue weighted by molar-refractivity contribution is -0.131. The van der Waals surface area contributed by atoms with Gasteiger partial charge in [-0.1, -0.05) is 12.1 Å². The lowest BCUT2D eigenvalue weighted by Crippen LogP contribution is -2.38.